The average Bonchev–Trinajstić information content (AvgIpc) is 2.82. The van der Waals surface area contributed by atoms with Gasteiger partial charge in [0.2, 0.25) is 11.7 Å². The van der Waals surface area contributed by atoms with E-state index in [0.717, 1.165) is 0 Å². The van der Waals surface area contributed by atoms with Crippen LogP contribution in [0, 0.1) is 6.92 Å². The number of nitrogens with one attached hydrogen (secondary N) is 1. The van der Waals surface area contributed by atoms with E-state index in [9.17, 15) is 14.4 Å². The van der Waals surface area contributed by atoms with Gasteiger partial charge in [0.1, 0.15) is 6.04 Å². The van der Waals surface area contributed by atoms with Crippen LogP contribution in [0.3, 0.4) is 0 Å². The summed E-state index contributed by atoms with van der Waals surface area (Å²) in [7, 11) is 0. The first-order valence-electron chi connectivity index (χ1n) is 5.89. The van der Waals surface area contributed by atoms with E-state index < -0.39 is 30.2 Å². The van der Waals surface area contributed by atoms with Gasteiger partial charge in [-0.2, -0.15) is 4.98 Å². The van der Waals surface area contributed by atoms with E-state index in [-0.39, 0.29) is 11.6 Å². The first-order valence-corrected chi connectivity index (χ1v) is 5.89. The van der Waals surface area contributed by atoms with E-state index in [1.807, 2.05) is 0 Å². The lowest BCUT2D eigenvalue weighted by Crippen LogP contribution is -2.43. The number of aryl methyl sites for hydroxylation is 1. The van der Waals surface area contributed by atoms with Crippen LogP contribution in [-0.2, 0) is 9.59 Å². The summed E-state index contributed by atoms with van der Waals surface area (Å²) >= 11 is 0. The molecule has 0 aliphatic heterocycles. The second kappa shape index (κ2) is 5.53. The Morgan fingerprint density at radius 1 is 1.48 bits per heavy atom. The molecule has 10 nitrogen and oxygen atoms in total. The highest BCUT2D eigenvalue weighted by atomic mass is 16.4. The summed E-state index contributed by atoms with van der Waals surface area (Å²) in [6.07, 6.45) is 0.986. The lowest BCUT2D eigenvalue weighted by Gasteiger charge is -2.10. The molecule has 0 aromatic carbocycles. The second-order valence-corrected chi connectivity index (χ2v) is 4.27. The van der Waals surface area contributed by atoms with Crippen LogP contribution in [0.2, 0.25) is 0 Å². The summed E-state index contributed by atoms with van der Waals surface area (Å²) in [4.78, 5) is 41.5. The first-order chi connectivity index (χ1) is 9.88. The third-order valence-corrected chi connectivity index (χ3v) is 2.64. The molecule has 0 radical (unpaired) electrons. The molecule has 0 aliphatic carbocycles. The monoisotopic (exact) mass is 292 g/mol. The van der Waals surface area contributed by atoms with E-state index in [1.165, 1.54) is 10.7 Å². The molecule has 0 saturated heterocycles. The molecule has 2 heterocycles. The van der Waals surface area contributed by atoms with Crippen molar-refractivity contribution in [3.8, 4) is 0 Å². The summed E-state index contributed by atoms with van der Waals surface area (Å²) < 4.78 is 1.35. The molecule has 0 fully saturated rings. The molecule has 0 saturated carbocycles. The van der Waals surface area contributed by atoms with Crippen LogP contribution < -0.4 is 11.1 Å². The average molecular weight is 292 g/mol. The van der Waals surface area contributed by atoms with Crippen molar-refractivity contribution in [2.45, 2.75) is 19.4 Å². The van der Waals surface area contributed by atoms with Gasteiger partial charge in [-0.3, -0.25) is 9.59 Å². The Bertz CT molecular complexity index is 725. The zero-order valence-electron chi connectivity index (χ0n) is 11.0. The van der Waals surface area contributed by atoms with E-state index >= 15 is 0 Å². The summed E-state index contributed by atoms with van der Waals surface area (Å²) in [5.41, 5.74) is 5.63. The number of carbonyl (C=O) groups is 3. The minimum atomic E-state index is -1.43. The van der Waals surface area contributed by atoms with E-state index in [1.54, 1.807) is 13.0 Å². The van der Waals surface area contributed by atoms with Crippen molar-refractivity contribution in [3.05, 3.63) is 23.8 Å². The molecule has 2 amide bonds. The lowest BCUT2D eigenvalue weighted by molar-refractivity contribution is -0.140. The second-order valence-electron chi connectivity index (χ2n) is 4.27. The molecule has 2 rings (SSSR count). The topological polar surface area (TPSA) is 153 Å². The summed E-state index contributed by atoms with van der Waals surface area (Å²) in [6.45, 7) is 1.75. The van der Waals surface area contributed by atoms with Gasteiger partial charge < -0.3 is 16.2 Å². The number of carboxylic acid groups (broad SMARTS) is 1. The highest BCUT2D eigenvalue weighted by molar-refractivity contribution is 5.95. The maximum atomic E-state index is 11.9. The van der Waals surface area contributed by atoms with Gasteiger partial charge in [-0.1, -0.05) is 0 Å². The Hall–Kier alpha value is -3.04. The quantitative estimate of drug-likeness (QED) is 0.605. The van der Waals surface area contributed by atoms with Crippen LogP contribution in [0.15, 0.2) is 12.3 Å². The van der Waals surface area contributed by atoms with Gasteiger partial charge in [-0.05, 0) is 13.0 Å². The molecule has 4 N–H and O–H groups in total. The number of rotatable bonds is 5. The number of aliphatic carboxylic acids is 1. The van der Waals surface area contributed by atoms with Crippen LogP contribution in [0.5, 0.6) is 0 Å². The van der Waals surface area contributed by atoms with Crippen LogP contribution in [-0.4, -0.2) is 48.5 Å². The predicted octanol–water partition coefficient (Wildman–Crippen LogP) is -1.51. The van der Waals surface area contributed by atoms with E-state index in [0.29, 0.717) is 5.69 Å². The van der Waals surface area contributed by atoms with Crippen LogP contribution in [0.25, 0.3) is 5.78 Å². The maximum absolute atomic E-state index is 11.9. The maximum Gasteiger partial charge on any atom is 0.326 e. The summed E-state index contributed by atoms with van der Waals surface area (Å²) in [6, 6.07) is 0.243. The minimum absolute atomic E-state index is 0.210. The first kappa shape index (κ1) is 14.4. The number of amides is 2. The smallest absolute Gasteiger partial charge is 0.326 e. The Labute approximate surface area is 118 Å². The zero-order chi connectivity index (χ0) is 15.6. The van der Waals surface area contributed by atoms with Crippen molar-refractivity contribution < 1.29 is 19.5 Å². The van der Waals surface area contributed by atoms with Gasteiger partial charge in [0.15, 0.2) is 0 Å². The summed E-state index contributed by atoms with van der Waals surface area (Å²) in [5, 5.41) is 15.0. The van der Waals surface area contributed by atoms with Crippen LogP contribution in [0.1, 0.15) is 22.7 Å². The van der Waals surface area contributed by atoms with Crippen molar-refractivity contribution in [1.29, 1.82) is 0 Å². The van der Waals surface area contributed by atoms with Crippen molar-refractivity contribution in [2.24, 2.45) is 5.73 Å². The molecule has 0 bridgehead atoms. The third-order valence-electron chi connectivity index (χ3n) is 2.64. The number of aromatic nitrogens is 4. The van der Waals surface area contributed by atoms with Crippen molar-refractivity contribution in [3.63, 3.8) is 0 Å². The Balaban J connectivity index is 2.23. The predicted molar refractivity (Wildman–Crippen MR) is 68.2 cm³/mol. The number of carboxylic acids is 1. The fraction of sp³-hybridized carbons (Fsp3) is 0.273. The lowest BCUT2D eigenvalue weighted by atomic mass is 10.2. The normalized spacial score (nSPS) is 12.0. The van der Waals surface area contributed by atoms with E-state index in [4.69, 9.17) is 10.8 Å². The van der Waals surface area contributed by atoms with Crippen LogP contribution in [0.4, 0.5) is 0 Å². The van der Waals surface area contributed by atoms with Crippen molar-refractivity contribution in [2.75, 3.05) is 0 Å². The third kappa shape index (κ3) is 3.11. The molecular formula is C11H12N6O4. The highest BCUT2D eigenvalue weighted by Gasteiger charge is 2.25. The Morgan fingerprint density at radius 2 is 2.19 bits per heavy atom. The molecule has 0 spiro atoms. The van der Waals surface area contributed by atoms with Gasteiger partial charge in [-0.25, -0.2) is 14.3 Å². The SMILES string of the molecule is Cc1ccnc2nc(C(=O)NC(CC(N)=O)C(=O)O)nn12. The standard InChI is InChI=1S/C11H12N6O4/c1-5-2-3-13-11-15-8(16-17(5)11)9(19)14-6(10(20)21)4-7(12)18/h2-3,6H,4H2,1H3,(H2,12,18)(H,14,19)(H,20,21). The zero-order valence-corrected chi connectivity index (χ0v) is 11.0. The minimum Gasteiger partial charge on any atom is -0.480 e. The molecule has 1 unspecified atom stereocenters. The summed E-state index contributed by atoms with van der Waals surface area (Å²) in [5.74, 6) is -3.08. The molecule has 1 atom stereocenters. The molecule has 2 aromatic rings. The molecular weight excluding hydrogens is 280 g/mol. The fourth-order valence-electron chi connectivity index (χ4n) is 1.63. The molecule has 110 valence electrons. The van der Waals surface area contributed by atoms with Crippen molar-refractivity contribution >= 4 is 23.6 Å². The molecule has 21 heavy (non-hydrogen) atoms. The largest absolute Gasteiger partial charge is 0.480 e. The number of primary amides is 1. The number of fused-ring (bicyclic) bond motifs is 1. The molecule has 0 aliphatic rings. The van der Waals surface area contributed by atoms with E-state index in [2.05, 4.69) is 20.4 Å². The van der Waals surface area contributed by atoms with Gasteiger partial charge in [-0.15, -0.1) is 5.10 Å². The van der Waals surface area contributed by atoms with Crippen LogP contribution >= 0.6 is 0 Å². The Morgan fingerprint density at radius 3 is 2.76 bits per heavy atom. The van der Waals surface area contributed by atoms with Gasteiger partial charge in [0.05, 0.1) is 6.42 Å². The number of nitrogens with zero attached hydrogens (tertiary/aromatic N) is 4. The van der Waals surface area contributed by atoms with Gasteiger partial charge >= 0.3 is 5.97 Å². The number of nitrogens with two attached hydrogens (primary N) is 1. The van der Waals surface area contributed by atoms with Crippen molar-refractivity contribution in [1.82, 2.24) is 24.9 Å². The van der Waals surface area contributed by atoms with Gasteiger partial charge in [0, 0.05) is 11.9 Å². The number of carbonyl (C=O) groups excluding carboxylic acids is 2. The highest BCUT2D eigenvalue weighted by Crippen LogP contribution is 2.02. The van der Waals surface area contributed by atoms with Gasteiger partial charge in [0.25, 0.3) is 11.7 Å². The number of hydrogen-bond donors (Lipinski definition) is 3. The number of hydrogen-bond acceptors (Lipinski definition) is 6. The fourth-order valence-corrected chi connectivity index (χ4v) is 1.63. The molecule has 10 heteroatoms. The Kier molecular flexibility index (Phi) is 3.78. The molecule has 2 aromatic heterocycles.